The molecule has 2 rings (SSSR count). The fraction of sp³-hybridized carbons (Fsp3) is 0.600. The van der Waals surface area contributed by atoms with Crippen molar-refractivity contribution in [3.05, 3.63) is 28.8 Å². The van der Waals surface area contributed by atoms with Crippen LogP contribution in [0.3, 0.4) is 0 Å². The van der Waals surface area contributed by atoms with Crippen molar-refractivity contribution < 1.29 is 4.74 Å². The molecule has 2 unspecified atom stereocenters. The standard InChI is InChI=1S/C15H24N2O/c1-10-11(2)14(18-4)8-7-12(10)15(16-3)13-6-5-9-17-13/h7-8,13,15-17H,5-6,9H2,1-4H3. The summed E-state index contributed by atoms with van der Waals surface area (Å²) in [7, 11) is 3.78. The average Bonchev–Trinajstić information content (AvgIpc) is 2.89. The Balaban J connectivity index is 2.33. The largest absolute Gasteiger partial charge is 0.496 e. The number of nitrogens with one attached hydrogen (secondary N) is 2. The zero-order valence-electron chi connectivity index (χ0n) is 11.8. The van der Waals surface area contributed by atoms with Gasteiger partial charge in [-0.15, -0.1) is 0 Å². The summed E-state index contributed by atoms with van der Waals surface area (Å²) in [6.45, 7) is 5.45. The summed E-state index contributed by atoms with van der Waals surface area (Å²) in [6, 6.07) is 5.21. The number of rotatable bonds is 4. The van der Waals surface area contributed by atoms with E-state index in [1.165, 1.54) is 29.5 Å². The molecule has 3 heteroatoms. The molecule has 0 spiro atoms. The Morgan fingerprint density at radius 2 is 2.11 bits per heavy atom. The molecular weight excluding hydrogens is 224 g/mol. The second-order valence-corrected chi connectivity index (χ2v) is 5.08. The third-order valence-electron chi connectivity index (χ3n) is 4.15. The van der Waals surface area contributed by atoms with Crippen molar-refractivity contribution in [1.29, 1.82) is 0 Å². The molecule has 100 valence electrons. The highest BCUT2D eigenvalue weighted by atomic mass is 16.5. The number of hydrogen-bond acceptors (Lipinski definition) is 3. The van der Waals surface area contributed by atoms with E-state index in [9.17, 15) is 0 Å². The number of hydrogen-bond donors (Lipinski definition) is 2. The Morgan fingerprint density at radius 1 is 1.33 bits per heavy atom. The van der Waals surface area contributed by atoms with E-state index in [0.29, 0.717) is 12.1 Å². The van der Waals surface area contributed by atoms with Gasteiger partial charge in [-0.05, 0) is 63.0 Å². The minimum Gasteiger partial charge on any atom is -0.496 e. The molecule has 0 aliphatic carbocycles. The molecule has 2 N–H and O–H groups in total. The summed E-state index contributed by atoms with van der Waals surface area (Å²) in [6.07, 6.45) is 2.52. The van der Waals surface area contributed by atoms with Crippen LogP contribution in [0.15, 0.2) is 12.1 Å². The predicted octanol–water partition coefficient (Wildman–Crippen LogP) is 2.32. The molecule has 18 heavy (non-hydrogen) atoms. The fourth-order valence-electron chi connectivity index (χ4n) is 2.94. The first-order chi connectivity index (χ1) is 8.69. The van der Waals surface area contributed by atoms with Gasteiger partial charge in [-0.2, -0.15) is 0 Å². The van der Waals surface area contributed by atoms with Crippen LogP contribution in [0.25, 0.3) is 0 Å². The molecular formula is C15H24N2O. The van der Waals surface area contributed by atoms with Crippen LogP contribution in [-0.2, 0) is 0 Å². The maximum atomic E-state index is 5.38. The Morgan fingerprint density at radius 3 is 2.67 bits per heavy atom. The molecule has 3 nitrogen and oxygen atoms in total. The lowest BCUT2D eigenvalue weighted by Gasteiger charge is -2.26. The number of likely N-dealkylation sites (N-methyl/N-ethyl adjacent to an activating group) is 1. The van der Waals surface area contributed by atoms with Crippen LogP contribution in [0.4, 0.5) is 0 Å². The first-order valence-corrected chi connectivity index (χ1v) is 6.73. The summed E-state index contributed by atoms with van der Waals surface area (Å²) in [5, 5.41) is 7.05. The van der Waals surface area contributed by atoms with Crippen LogP contribution >= 0.6 is 0 Å². The molecule has 1 aromatic carbocycles. The van der Waals surface area contributed by atoms with Crippen molar-refractivity contribution in [2.75, 3.05) is 20.7 Å². The number of benzene rings is 1. The zero-order valence-corrected chi connectivity index (χ0v) is 11.8. The Bertz CT molecular complexity index is 411. The zero-order chi connectivity index (χ0) is 13.1. The Hall–Kier alpha value is -1.06. The highest BCUT2D eigenvalue weighted by Gasteiger charge is 2.26. The smallest absolute Gasteiger partial charge is 0.122 e. The fourth-order valence-corrected chi connectivity index (χ4v) is 2.94. The topological polar surface area (TPSA) is 33.3 Å². The SMILES string of the molecule is CNC(c1ccc(OC)c(C)c1C)C1CCCN1. The van der Waals surface area contributed by atoms with E-state index in [1.54, 1.807) is 7.11 Å². The number of methoxy groups -OCH3 is 1. The summed E-state index contributed by atoms with van der Waals surface area (Å²) in [5.41, 5.74) is 3.96. The summed E-state index contributed by atoms with van der Waals surface area (Å²) in [4.78, 5) is 0. The lowest BCUT2D eigenvalue weighted by molar-refractivity contribution is 0.408. The van der Waals surface area contributed by atoms with Crippen LogP contribution in [-0.4, -0.2) is 26.7 Å². The molecule has 1 fully saturated rings. The van der Waals surface area contributed by atoms with E-state index in [4.69, 9.17) is 4.74 Å². The van der Waals surface area contributed by atoms with E-state index in [2.05, 4.69) is 36.6 Å². The van der Waals surface area contributed by atoms with E-state index in [-0.39, 0.29) is 0 Å². The minimum atomic E-state index is 0.386. The van der Waals surface area contributed by atoms with Crippen LogP contribution < -0.4 is 15.4 Å². The van der Waals surface area contributed by atoms with Crippen LogP contribution in [0.2, 0.25) is 0 Å². The van der Waals surface area contributed by atoms with Gasteiger partial charge < -0.3 is 15.4 Å². The van der Waals surface area contributed by atoms with Gasteiger partial charge in [0.25, 0.3) is 0 Å². The van der Waals surface area contributed by atoms with Crippen molar-refractivity contribution in [3.8, 4) is 5.75 Å². The van der Waals surface area contributed by atoms with Crippen LogP contribution in [0.1, 0.15) is 35.6 Å². The van der Waals surface area contributed by atoms with Gasteiger partial charge in [-0.1, -0.05) is 6.07 Å². The summed E-state index contributed by atoms with van der Waals surface area (Å²) >= 11 is 0. The van der Waals surface area contributed by atoms with Gasteiger partial charge in [-0.3, -0.25) is 0 Å². The van der Waals surface area contributed by atoms with Gasteiger partial charge in [0.2, 0.25) is 0 Å². The van der Waals surface area contributed by atoms with Gasteiger partial charge >= 0.3 is 0 Å². The predicted molar refractivity (Wildman–Crippen MR) is 75.3 cm³/mol. The second kappa shape index (κ2) is 5.72. The molecule has 0 saturated carbocycles. The molecule has 1 saturated heterocycles. The Kier molecular flexibility index (Phi) is 4.25. The first-order valence-electron chi connectivity index (χ1n) is 6.73. The highest BCUT2D eigenvalue weighted by molar-refractivity contribution is 5.45. The molecule has 0 bridgehead atoms. The van der Waals surface area contributed by atoms with Crippen molar-refractivity contribution >= 4 is 0 Å². The molecule has 1 aromatic rings. The Labute approximate surface area is 110 Å². The second-order valence-electron chi connectivity index (χ2n) is 5.08. The van der Waals surface area contributed by atoms with E-state index >= 15 is 0 Å². The van der Waals surface area contributed by atoms with Crippen molar-refractivity contribution in [2.24, 2.45) is 0 Å². The van der Waals surface area contributed by atoms with E-state index < -0.39 is 0 Å². The lowest BCUT2D eigenvalue weighted by Crippen LogP contribution is -2.36. The van der Waals surface area contributed by atoms with Gasteiger partial charge in [0.15, 0.2) is 0 Å². The van der Waals surface area contributed by atoms with E-state index in [1.807, 2.05) is 7.05 Å². The molecule has 1 aliphatic heterocycles. The first kappa shape index (κ1) is 13.4. The normalized spacial score (nSPS) is 21.0. The van der Waals surface area contributed by atoms with Crippen molar-refractivity contribution in [1.82, 2.24) is 10.6 Å². The van der Waals surface area contributed by atoms with Crippen LogP contribution in [0.5, 0.6) is 5.75 Å². The maximum absolute atomic E-state index is 5.38. The van der Waals surface area contributed by atoms with Crippen molar-refractivity contribution in [2.45, 2.75) is 38.8 Å². The highest BCUT2D eigenvalue weighted by Crippen LogP contribution is 2.31. The maximum Gasteiger partial charge on any atom is 0.122 e. The quantitative estimate of drug-likeness (QED) is 0.858. The third kappa shape index (κ3) is 2.38. The van der Waals surface area contributed by atoms with Gasteiger partial charge in [-0.25, -0.2) is 0 Å². The molecule has 1 heterocycles. The van der Waals surface area contributed by atoms with E-state index in [0.717, 1.165) is 12.3 Å². The van der Waals surface area contributed by atoms with Gasteiger partial charge in [0, 0.05) is 12.1 Å². The molecule has 2 atom stereocenters. The summed E-state index contributed by atoms with van der Waals surface area (Å²) < 4.78 is 5.38. The molecule has 0 amide bonds. The van der Waals surface area contributed by atoms with Gasteiger partial charge in [0.05, 0.1) is 7.11 Å². The summed E-state index contributed by atoms with van der Waals surface area (Å²) in [5.74, 6) is 0.977. The molecule has 0 radical (unpaired) electrons. The third-order valence-corrected chi connectivity index (χ3v) is 4.15. The number of ether oxygens (including phenoxy) is 1. The minimum absolute atomic E-state index is 0.386. The average molecular weight is 248 g/mol. The van der Waals surface area contributed by atoms with Crippen molar-refractivity contribution in [3.63, 3.8) is 0 Å². The monoisotopic (exact) mass is 248 g/mol. The molecule has 0 aromatic heterocycles. The lowest BCUT2D eigenvalue weighted by atomic mass is 9.92. The van der Waals surface area contributed by atoms with Gasteiger partial charge in [0.1, 0.15) is 5.75 Å². The molecule has 1 aliphatic rings. The van der Waals surface area contributed by atoms with Crippen LogP contribution in [0, 0.1) is 13.8 Å².